The van der Waals surface area contributed by atoms with Crippen LogP contribution in [0.4, 0.5) is 0 Å². The average molecular weight is 279 g/mol. The van der Waals surface area contributed by atoms with Crippen LogP contribution in [-0.4, -0.2) is 38.8 Å². The van der Waals surface area contributed by atoms with Crippen LogP contribution in [0.15, 0.2) is 0 Å². The minimum atomic E-state index is 0. The van der Waals surface area contributed by atoms with E-state index in [0.29, 0.717) is 19.2 Å². The molecule has 1 aliphatic rings. The van der Waals surface area contributed by atoms with Crippen molar-refractivity contribution in [1.82, 2.24) is 10.6 Å². The molecule has 108 valence electrons. The highest BCUT2D eigenvalue weighted by Crippen LogP contribution is 2.26. The molecule has 18 heavy (non-hydrogen) atoms. The molecule has 0 unspecified atom stereocenters. The van der Waals surface area contributed by atoms with Crippen molar-refractivity contribution in [3.05, 3.63) is 0 Å². The van der Waals surface area contributed by atoms with Gasteiger partial charge in [0.2, 0.25) is 5.91 Å². The van der Waals surface area contributed by atoms with Crippen molar-refractivity contribution in [1.29, 1.82) is 0 Å². The Morgan fingerprint density at radius 1 is 1.28 bits per heavy atom. The fourth-order valence-corrected chi connectivity index (χ4v) is 2.37. The fourth-order valence-electron chi connectivity index (χ4n) is 2.37. The second-order valence-corrected chi connectivity index (χ2v) is 4.86. The standard InChI is InChI=1S/C13H26N2O2.ClH/c1-3-11-4-6-12(7-5-11)15-13(16)10-14-8-9-17-2;/h11-12,14H,3-10H2,1-2H3,(H,15,16);1H. The van der Waals surface area contributed by atoms with Gasteiger partial charge in [0.1, 0.15) is 0 Å². The van der Waals surface area contributed by atoms with Gasteiger partial charge in [-0.1, -0.05) is 13.3 Å². The van der Waals surface area contributed by atoms with Gasteiger partial charge in [-0.25, -0.2) is 0 Å². The van der Waals surface area contributed by atoms with Crippen LogP contribution in [0.25, 0.3) is 0 Å². The van der Waals surface area contributed by atoms with E-state index in [9.17, 15) is 4.79 Å². The minimum absolute atomic E-state index is 0. The highest BCUT2D eigenvalue weighted by Gasteiger charge is 2.20. The zero-order valence-corrected chi connectivity index (χ0v) is 12.4. The summed E-state index contributed by atoms with van der Waals surface area (Å²) in [6, 6.07) is 0.398. The predicted octanol–water partition coefficient (Wildman–Crippen LogP) is 1.73. The molecule has 1 amide bonds. The zero-order valence-electron chi connectivity index (χ0n) is 11.5. The molecule has 0 aromatic rings. The summed E-state index contributed by atoms with van der Waals surface area (Å²) in [5.41, 5.74) is 0. The lowest BCUT2D eigenvalue weighted by Gasteiger charge is -2.28. The van der Waals surface area contributed by atoms with Gasteiger partial charge in [-0.3, -0.25) is 4.79 Å². The summed E-state index contributed by atoms with van der Waals surface area (Å²) < 4.78 is 4.90. The van der Waals surface area contributed by atoms with Crippen LogP contribution >= 0.6 is 12.4 Å². The zero-order chi connectivity index (χ0) is 12.5. The number of hydrogen-bond donors (Lipinski definition) is 2. The fraction of sp³-hybridized carbons (Fsp3) is 0.923. The van der Waals surface area contributed by atoms with Crippen LogP contribution in [0, 0.1) is 5.92 Å². The number of carbonyl (C=O) groups excluding carboxylic acids is 1. The molecule has 0 aliphatic heterocycles. The maximum atomic E-state index is 11.6. The van der Waals surface area contributed by atoms with Gasteiger partial charge in [0.25, 0.3) is 0 Å². The molecule has 2 N–H and O–H groups in total. The molecule has 0 aromatic carbocycles. The molecule has 1 fully saturated rings. The highest BCUT2D eigenvalue weighted by atomic mass is 35.5. The summed E-state index contributed by atoms with van der Waals surface area (Å²) in [4.78, 5) is 11.6. The molecule has 0 aromatic heterocycles. The van der Waals surface area contributed by atoms with E-state index in [2.05, 4.69) is 17.6 Å². The van der Waals surface area contributed by atoms with E-state index in [1.165, 1.54) is 19.3 Å². The number of ether oxygens (including phenoxy) is 1. The summed E-state index contributed by atoms with van der Waals surface area (Å²) in [7, 11) is 1.66. The average Bonchev–Trinajstić information content (AvgIpc) is 2.36. The number of amides is 1. The normalized spacial score (nSPS) is 23.2. The second kappa shape index (κ2) is 10.6. The highest BCUT2D eigenvalue weighted by molar-refractivity contribution is 5.85. The first-order valence-corrected chi connectivity index (χ1v) is 6.75. The summed E-state index contributed by atoms with van der Waals surface area (Å²) in [5.74, 6) is 0.990. The van der Waals surface area contributed by atoms with E-state index in [0.717, 1.165) is 25.3 Å². The molecule has 4 nitrogen and oxygen atoms in total. The van der Waals surface area contributed by atoms with Crippen molar-refractivity contribution in [2.75, 3.05) is 26.8 Å². The number of halogens is 1. The molecule has 1 saturated carbocycles. The Labute approximate surface area is 117 Å². The van der Waals surface area contributed by atoms with Crippen LogP contribution < -0.4 is 10.6 Å². The van der Waals surface area contributed by atoms with Crippen LogP contribution in [0.1, 0.15) is 39.0 Å². The van der Waals surface area contributed by atoms with Crippen molar-refractivity contribution >= 4 is 18.3 Å². The van der Waals surface area contributed by atoms with Gasteiger partial charge in [0.05, 0.1) is 13.2 Å². The maximum absolute atomic E-state index is 11.6. The third-order valence-electron chi connectivity index (χ3n) is 3.56. The number of rotatable bonds is 7. The quantitative estimate of drug-likeness (QED) is 0.698. The molecule has 0 bridgehead atoms. The summed E-state index contributed by atoms with van der Waals surface area (Å²) >= 11 is 0. The first kappa shape index (κ1) is 17.7. The number of carbonyl (C=O) groups is 1. The Morgan fingerprint density at radius 2 is 1.94 bits per heavy atom. The van der Waals surface area contributed by atoms with E-state index in [4.69, 9.17) is 4.74 Å². The molecule has 1 rings (SSSR count). The Balaban J connectivity index is 0.00000289. The summed E-state index contributed by atoms with van der Waals surface area (Å²) in [5, 5.41) is 6.16. The van der Waals surface area contributed by atoms with Crippen LogP contribution in [0.3, 0.4) is 0 Å². The van der Waals surface area contributed by atoms with Gasteiger partial charge in [0.15, 0.2) is 0 Å². The van der Waals surface area contributed by atoms with Gasteiger partial charge < -0.3 is 15.4 Å². The molecule has 0 spiro atoms. The Morgan fingerprint density at radius 3 is 2.50 bits per heavy atom. The maximum Gasteiger partial charge on any atom is 0.234 e. The Kier molecular flexibility index (Phi) is 10.4. The topological polar surface area (TPSA) is 50.4 Å². The van der Waals surface area contributed by atoms with Crippen molar-refractivity contribution in [2.24, 2.45) is 5.92 Å². The second-order valence-electron chi connectivity index (χ2n) is 4.86. The van der Waals surface area contributed by atoms with Gasteiger partial charge in [-0.2, -0.15) is 0 Å². The van der Waals surface area contributed by atoms with E-state index >= 15 is 0 Å². The lowest BCUT2D eigenvalue weighted by molar-refractivity contribution is -0.121. The monoisotopic (exact) mass is 278 g/mol. The van der Waals surface area contributed by atoms with Gasteiger partial charge in [0, 0.05) is 19.7 Å². The Bertz CT molecular complexity index is 219. The lowest BCUT2D eigenvalue weighted by Crippen LogP contribution is -2.42. The van der Waals surface area contributed by atoms with Gasteiger partial charge >= 0.3 is 0 Å². The van der Waals surface area contributed by atoms with E-state index in [1.807, 2.05) is 0 Å². The van der Waals surface area contributed by atoms with Crippen LogP contribution in [0.2, 0.25) is 0 Å². The molecule has 0 heterocycles. The van der Waals surface area contributed by atoms with E-state index < -0.39 is 0 Å². The number of methoxy groups -OCH3 is 1. The molecular formula is C13H27ClN2O2. The Hall–Kier alpha value is -0.320. The smallest absolute Gasteiger partial charge is 0.234 e. The van der Waals surface area contributed by atoms with Crippen molar-refractivity contribution in [3.8, 4) is 0 Å². The molecule has 0 radical (unpaired) electrons. The summed E-state index contributed by atoms with van der Waals surface area (Å²) in [6.45, 7) is 4.03. The van der Waals surface area contributed by atoms with E-state index in [-0.39, 0.29) is 18.3 Å². The van der Waals surface area contributed by atoms with Crippen molar-refractivity contribution in [3.63, 3.8) is 0 Å². The van der Waals surface area contributed by atoms with Gasteiger partial charge in [-0.05, 0) is 31.6 Å². The first-order chi connectivity index (χ1) is 8.26. The number of hydrogen-bond acceptors (Lipinski definition) is 3. The van der Waals surface area contributed by atoms with Crippen LogP contribution in [0.5, 0.6) is 0 Å². The molecule has 1 aliphatic carbocycles. The van der Waals surface area contributed by atoms with Gasteiger partial charge in [-0.15, -0.1) is 12.4 Å². The predicted molar refractivity (Wildman–Crippen MR) is 76.2 cm³/mol. The third kappa shape index (κ3) is 7.19. The molecule has 5 heteroatoms. The van der Waals surface area contributed by atoms with Crippen LogP contribution in [-0.2, 0) is 9.53 Å². The molecule has 0 atom stereocenters. The van der Waals surface area contributed by atoms with Crippen molar-refractivity contribution < 1.29 is 9.53 Å². The van der Waals surface area contributed by atoms with Crippen molar-refractivity contribution in [2.45, 2.75) is 45.1 Å². The largest absolute Gasteiger partial charge is 0.383 e. The number of nitrogens with one attached hydrogen (secondary N) is 2. The molecule has 0 saturated heterocycles. The third-order valence-corrected chi connectivity index (χ3v) is 3.56. The SMILES string of the molecule is CCC1CCC(NC(=O)CNCCOC)CC1.Cl. The lowest BCUT2D eigenvalue weighted by atomic mass is 9.84. The van der Waals surface area contributed by atoms with E-state index in [1.54, 1.807) is 7.11 Å². The summed E-state index contributed by atoms with van der Waals surface area (Å²) in [6.07, 6.45) is 6.08. The first-order valence-electron chi connectivity index (χ1n) is 6.75. The minimum Gasteiger partial charge on any atom is -0.383 e. The molecular weight excluding hydrogens is 252 g/mol.